The molecule has 0 radical (unpaired) electrons. The third-order valence-electron chi connectivity index (χ3n) is 4.17. The van der Waals surface area contributed by atoms with E-state index < -0.39 is 0 Å². The SMILES string of the molecule is O=C(CCn1ccc2c(Br)cccc21)NCc1nnc2ccccn12. The van der Waals surface area contributed by atoms with Gasteiger partial charge in [0, 0.05) is 40.7 Å². The van der Waals surface area contributed by atoms with Gasteiger partial charge in [-0.15, -0.1) is 10.2 Å². The molecule has 3 heterocycles. The molecule has 25 heavy (non-hydrogen) atoms. The molecule has 3 aromatic heterocycles. The molecular formula is C18H16BrN5O. The van der Waals surface area contributed by atoms with E-state index in [4.69, 9.17) is 0 Å². The highest BCUT2D eigenvalue weighted by Crippen LogP contribution is 2.24. The van der Waals surface area contributed by atoms with Crippen LogP contribution in [0.1, 0.15) is 12.2 Å². The predicted octanol–water partition coefficient (Wildman–Crippen LogP) is 3.15. The zero-order valence-corrected chi connectivity index (χ0v) is 15.0. The zero-order chi connectivity index (χ0) is 17.2. The van der Waals surface area contributed by atoms with Gasteiger partial charge in [-0.3, -0.25) is 9.20 Å². The van der Waals surface area contributed by atoms with Gasteiger partial charge in [-0.1, -0.05) is 28.1 Å². The van der Waals surface area contributed by atoms with Crippen LogP contribution in [0, 0.1) is 0 Å². The number of halogens is 1. The second kappa shape index (κ2) is 6.68. The summed E-state index contributed by atoms with van der Waals surface area (Å²) in [5.41, 5.74) is 1.89. The van der Waals surface area contributed by atoms with Crippen molar-refractivity contribution in [3.63, 3.8) is 0 Å². The molecule has 0 bridgehead atoms. The van der Waals surface area contributed by atoms with Crippen LogP contribution in [0.3, 0.4) is 0 Å². The Kier molecular flexibility index (Phi) is 4.23. The van der Waals surface area contributed by atoms with Crippen molar-refractivity contribution < 1.29 is 4.79 Å². The van der Waals surface area contributed by atoms with Gasteiger partial charge in [0.05, 0.1) is 6.54 Å². The first-order valence-corrected chi connectivity index (χ1v) is 8.80. The summed E-state index contributed by atoms with van der Waals surface area (Å²) in [6.45, 7) is 0.994. The summed E-state index contributed by atoms with van der Waals surface area (Å²) < 4.78 is 5.02. The lowest BCUT2D eigenvalue weighted by atomic mass is 10.2. The highest BCUT2D eigenvalue weighted by atomic mass is 79.9. The molecule has 0 aliphatic carbocycles. The molecule has 4 rings (SSSR count). The fourth-order valence-corrected chi connectivity index (χ4v) is 3.37. The summed E-state index contributed by atoms with van der Waals surface area (Å²) >= 11 is 3.55. The van der Waals surface area contributed by atoms with Crippen LogP contribution in [0.15, 0.2) is 59.3 Å². The molecule has 0 aliphatic heterocycles. The largest absolute Gasteiger partial charge is 0.349 e. The fraction of sp³-hybridized carbons (Fsp3) is 0.167. The number of nitrogens with one attached hydrogen (secondary N) is 1. The smallest absolute Gasteiger partial charge is 0.222 e. The standard InChI is InChI=1S/C18H16BrN5O/c19-14-4-3-5-15-13(14)7-10-23(15)11-8-18(25)20-12-17-22-21-16-6-1-2-9-24(16)17/h1-7,9-10H,8,11-12H2,(H,20,25). The first-order chi connectivity index (χ1) is 12.2. The zero-order valence-electron chi connectivity index (χ0n) is 13.4. The predicted molar refractivity (Wildman–Crippen MR) is 99.1 cm³/mol. The Morgan fingerprint density at radius 3 is 2.92 bits per heavy atom. The number of benzene rings is 1. The number of hydrogen-bond acceptors (Lipinski definition) is 3. The summed E-state index contributed by atoms with van der Waals surface area (Å²) in [7, 11) is 0. The minimum Gasteiger partial charge on any atom is -0.349 e. The lowest BCUT2D eigenvalue weighted by Gasteiger charge is -2.07. The Bertz CT molecular complexity index is 1050. The maximum atomic E-state index is 12.2. The van der Waals surface area contributed by atoms with E-state index in [-0.39, 0.29) is 5.91 Å². The van der Waals surface area contributed by atoms with E-state index in [1.165, 1.54) is 0 Å². The highest BCUT2D eigenvalue weighted by molar-refractivity contribution is 9.10. The van der Waals surface area contributed by atoms with E-state index in [1.54, 1.807) is 0 Å². The van der Waals surface area contributed by atoms with Crippen molar-refractivity contribution in [3.8, 4) is 0 Å². The van der Waals surface area contributed by atoms with Crippen molar-refractivity contribution in [2.75, 3.05) is 0 Å². The van der Waals surface area contributed by atoms with Crippen molar-refractivity contribution in [1.29, 1.82) is 0 Å². The lowest BCUT2D eigenvalue weighted by molar-refractivity contribution is -0.121. The van der Waals surface area contributed by atoms with Gasteiger partial charge in [-0.05, 0) is 30.3 Å². The van der Waals surface area contributed by atoms with Crippen molar-refractivity contribution in [2.24, 2.45) is 0 Å². The number of hydrogen-bond donors (Lipinski definition) is 1. The van der Waals surface area contributed by atoms with Gasteiger partial charge < -0.3 is 9.88 Å². The molecule has 6 nitrogen and oxygen atoms in total. The second-order valence-electron chi connectivity index (χ2n) is 5.75. The average Bonchev–Trinajstić information content (AvgIpc) is 3.23. The van der Waals surface area contributed by atoms with Crippen molar-refractivity contribution in [1.82, 2.24) is 24.5 Å². The first-order valence-electron chi connectivity index (χ1n) is 8.01. The number of aryl methyl sites for hydroxylation is 1. The Hall–Kier alpha value is -2.67. The van der Waals surface area contributed by atoms with Gasteiger partial charge in [-0.25, -0.2) is 0 Å². The van der Waals surface area contributed by atoms with E-state index in [9.17, 15) is 4.79 Å². The van der Waals surface area contributed by atoms with Crippen LogP contribution < -0.4 is 5.32 Å². The summed E-state index contributed by atoms with van der Waals surface area (Å²) in [5.74, 6) is 0.712. The number of amides is 1. The van der Waals surface area contributed by atoms with E-state index in [0.29, 0.717) is 19.5 Å². The van der Waals surface area contributed by atoms with Crippen LogP contribution in [0.5, 0.6) is 0 Å². The van der Waals surface area contributed by atoms with E-state index in [2.05, 4.69) is 48.1 Å². The van der Waals surface area contributed by atoms with Gasteiger partial charge >= 0.3 is 0 Å². The van der Waals surface area contributed by atoms with Gasteiger partial charge in [0.1, 0.15) is 0 Å². The van der Waals surface area contributed by atoms with Gasteiger partial charge in [-0.2, -0.15) is 0 Å². The summed E-state index contributed by atoms with van der Waals surface area (Å²) in [5, 5.41) is 12.3. The van der Waals surface area contributed by atoms with E-state index in [0.717, 1.165) is 26.8 Å². The van der Waals surface area contributed by atoms with Crippen molar-refractivity contribution in [3.05, 3.63) is 65.2 Å². The molecule has 1 aromatic carbocycles. The Labute approximate surface area is 152 Å². The molecule has 0 saturated carbocycles. The fourth-order valence-electron chi connectivity index (χ4n) is 2.88. The maximum Gasteiger partial charge on any atom is 0.222 e. The number of nitrogens with zero attached hydrogens (tertiary/aromatic N) is 4. The molecule has 1 amide bonds. The topological polar surface area (TPSA) is 64.2 Å². The molecule has 0 fully saturated rings. The third-order valence-corrected chi connectivity index (χ3v) is 4.86. The van der Waals surface area contributed by atoms with Crippen LogP contribution in [0.2, 0.25) is 0 Å². The molecule has 1 N–H and O–H groups in total. The molecule has 0 saturated heterocycles. The van der Waals surface area contributed by atoms with E-state index in [1.807, 2.05) is 47.1 Å². The lowest BCUT2D eigenvalue weighted by Crippen LogP contribution is -2.24. The Morgan fingerprint density at radius 2 is 2.00 bits per heavy atom. The van der Waals surface area contributed by atoms with Crippen LogP contribution in [-0.4, -0.2) is 25.1 Å². The second-order valence-corrected chi connectivity index (χ2v) is 6.61. The van der Waals surface area contributed by atoms with Crippen molar-refractivity contribution >= 4 is 38.4 Å². The number of rotatable bonds is 5. The Balaban J connectivity index is 1.38. The normalized spacial score (nSPS) is 11.2. The molecule has 4 aromatic rings. The van der Waals surface area contributed by atoms with Gasteiger partial charge in [0.2, 0.25) is 5.91 Å². The summed E-state index contributed by atoms with van der Waals surface area (Å²) in [4.78, 5) is 12.2. The minimum absolute atomic E-state index is 0.00970. The molecule has 0 unspecified atom stereocenters. The van der Waals surface area contributed by atoms with Crippen molar-refractivity contribution in [2.45, 2.75) is 19.5 Å². The minimum atomic E-state index is -0.00970. The number of carbonyl (C=O) groups excluding carboxylic acids is 1. The first kappa shape index (κ1) is 15.8. The molecule has 126 valence electrons. The van der Waals surface area contributed by atoms with E-state index >= 15 is 0 Å². The number of fused-ring (bicyclic) bond motifs is 2. The number of pyridine rings is 1. The monoisotopic (exact) mass is 397 g/mol. The maximum absolute atomic E-state index is 12.2. The van der Waals surface area contributed by atoms with Gasteiger partial charge in [0.25, 0.3) is 0 Å². The quantitative estimate of drug-likeness (QED) is 0.562. The van der Waals surface area contributed by atoms with Crippen LogP contribution in [0.25, 0.3) is 16.6 Å². The molecular weight excluding hydrogens is 382 g/mol. The molecule has 7 heteroatoms. The molecule has 0 aliphatic rings. The van der Waals surface area contributed by atoms with Crippen LogP contribution >= 0.6 is 15.9 Å². The third kappa shape index (κ3) is 3.15. The summed E-state index contributed by atoms with van der Waals surface area (Å²) in [6.07, 6.45) is 4.31. The van der Waals surface area contributed by atoms with Crippen LogP contribution in [0.4, 0.5) is 0 Å². The summed E-state index contributed by atoms with van der Waals surface area (Å²) in [6, 6.07) is 13.8. The average molecular weight is 398 g/mol. The Morgan fingerprint density at radius 1 is 1.08 bits per heavy atom. The van der Waals surface area contributed by atoms with Gasteiger partial charge in [0.15, 0.2) is 11.5 Å². The molecule has 0 atom stereocenters. The number of aromatic nitrogens is 4. The molecule has 0 spiro atoms. The highest BCUT2D eigenvalue weighted by Gasteiger charge is 2.09. The van der Waals surface area contributed by atoms with Crippen LogP contribution in [-0.2, 0) is 17.9 Å². The number of carbonyl (C=O) groups is 1.